The van der Waals surface area contributed by atoms with E-state index < -0.39 is 0 Å². The Morgan fingerprint density at radius 2 is 2.42 bits per heavy atom. The SMILES string of the molecule is CC(=O)Nc1cnn(CC(=O)NCC2CCCO2)n1. The summed E-state index contributed by atoms with van der Waals surface area (Å²) < 4.78 is 5.40. The molecule has 1 unspecified atom stereocenters. The number of carbonyl (C=O) groups excluding carboxylic acids is 2. The Balaban J connectivity index is 1.74. The van der Waals surface area contributed by atoms with Gasteiger partial charge in [0.05, 0.1) is 12.3 Å². The van der Waals surface area contributed by atoms with Crippen molar-refractivity contribution < 1.29 is 14.3 Å². The molecule has 0 aliphatic carbocycles. The highest BCUT2D eigenvalue weighted by Gasteiger charge is 2.16. The number of aromatic nitrogens is 3. The van der Waals surface area contributed by atoms with Crippen LogP contribution in [0.2, 0.25) is 0 Å². The number of hydrogen-bond acceptors (Lipinski definition) is 5. The van der Waals surface area contributed by atoms with Gasteiger partial charge < -0.3 is 15.4 Å². The molecule has 1 saturated heterocycles. The van der Waals surface area contributed by atoms with E-state index in [4.69, 9.17) is 4.74 Å². The van der Waals surface area contributed by atoms with E-state index in [1.54, 1.807) is 0 Å². The van der Waals surface area contributed by atoms with Crippen LogP contribution in [-0.2, 0) is 20.9 Å². The molecule has 2 heterocycles. The molecule has 8 nitrogen and oxygen atoms in total. The minimum Gasteiger partial charge on any atom is -0.376 e. The van der Waals surface area contributed by atoms with Gasteiger partial charge in [0, 0.05) is 20.1 Å². The van der Waals surface area contributed by atoms with E-state index in [-0.39, 0.29) is 24.5 Å². The molecule has 1 aliphatic heterocycles. The zero-order chi connectivity index (χ0) is 13.7. The summed E-state index contributed by atoms with van der Waals surface area (Å²) in [6, 6.07) is 0. The molecule has 0 spiro atoms. The van der Waals surface area contributed by atoms with Crippen molar-refractivity contribution in [1.82, 2.24) is 20.3 Å². The van der Waals surface area contributed by atoms with Gasteiger partial charge in [0.1, 0.15) is 6.54 Å². The van der Waals surface area contributed by atoms with Gasteiger partial charge in [0.15, 0.2) is 5.82 Å². The third-order valence-electron chi connectivity index (χ3n) is 2.68. The summed E-state index contributed by atoms with van der Waals surface area (Å²) in [5.41, 5.74) is 0. The molecule has 1 aliphatic rings. The van der Waals surface area contributed by atoms with E-state index in [2.05, 4.69) is 20.8 Å². The average Bonchev–Trinajstić information content (AvgIpc) is 2.97. The van der Waals surface area contributed by atoms with Crippen LogP contribution < -0.4 is 10.6 Å². The molecule has 1 aromatic rings. The van der Waals surface area contributed by atoms with Crippen molar-refractivity contribution in [2.24, 2.45) is 0 Å². The zero-order valence-corrected chi connectivity index (χ0v) is 10.8. The lowest BCUT2D eigenvalue weighted by Crippen LogP contribution is -2.34. The molecule has 104 valence electrons. The molecule has 0 radical (unpaired) electrons. The first kappa shape index (κ1) is 13.5. The monoisotopic (exact) mass is 267 g/mol. The van der Waals surface area contributed by atoms with Gasteiger partial charge in [-0.3, -0.25) is 9.59 Å². The lowest BCUT2D eigenvalue weighted by Gasteiger charge is -2.10. The van der Waals surface area contributed by atoms with Crippen LogP contribution in [0.4, 0.5) is 5.82 Å². The molecular weight excluding hydrogens is 250 g/mol. The Morgan fingerprint density at radius 1 is 1.58 bits per heavy atom. The van der Waals surface area contributed by atoms with Crippen LogP contribution in [-0.4, -0.2) is 46.1 Å². The first-order chi connectivity index (χ1) is 9.13. The van der Waals surface area contributed by atoms with Crippen molar-refractivity contribution in [3.8, 4) is 0 Å². The van der Waals surface area contributed by atoms with Crippen molar-refractivity contribution in [3.63, 3.8) is 0 Å². The maximum absolute atomic E-state index is 11.6. The van der Waals surface area contributed by atoms with E-state index in [9.17, 15) is 9.59 Å². The Morgan fingerprint density at radius 3 is 3.11 bits per heavy atom. The van der Waals surface area contributed by atoms with Crippen molar-refractivity contribution in [2.45, 2.75) is 32.4 Å². The molecular formula is C11H17N5O3. The summed E-state index contributed by atoms with van der Waals surface area (Å²) in [7, 11) is 0. The number of ether oxygens (including phenoxy) is 1. The van der Waals surface area contributed by atoms with Crippen LogP contribution in [0.5, 0.6) is 0 Å². The summed E-state index contributed by atoms with van der Waals surface area (Å²) in [4.78, 5) is 23.7. The zero-order valence-electron chi connectivity index (χ0n) is 10.8. The summed E-state index contributed by atoms with van der Waals surface area (Å²) >= 11 is 0. The van der Waals surface area contributed by atoms with E-state index in [0.717, 1.165) is 19.4 Å². The van der Waals surface area contributed by atoms with Gasteiger partial charge in [-0.25, -0.2) is 0 Å². The second-order valence-electron chi connectivity index (χ2n) is 4.38. The molecule has 2 N–H and O–H groups in total. The van der Waals surface area contributed by atoms with Crippen molar-refractivity contribution in [1.29, 1.82) is 0 Å². The Bertz CT molecular complexity index is 453. The molecule has 0 saturated carbocycles. The molecule has 1 aromatic heterocycles. The predicted molar refractivity (Wildman–Crippen MR) is 66.3 cm³/mol. The maximum Gasteiger partial charge on any atom is 0.243 e. The quantitative estimate of drug-likeness (QED) is 0.751. The standard InChI is InChI=1S/C11H17N5O3/c1-8(17)14-10-6-13-16(15-10)7-11(18)12-5-9-3-2-4-19-9/h6,9H,2-5,7H2,1H3,(H,12,18)(H,14,15,17). The largest absolute Gasteiger partial charge is 0.376 e. The second-order valence-corrected chi connectivity index (χ2v) is 4.38. The molecule has 0 aromatic carbocycles. The number of anilines is 1. The summed E-state index contributed by atoms with van der Waals surface area (Å²) in [6.07, 6.45) is 3.53. The third-order valence-corrected chi connectivity index (χ3v) is 2.68. The lowest BCUT2D eigenvalue weighted by molar-refractivity contribution is -0.122. The van der Waals surface area contributed by atoms with Crippen LogP contribution in [0.25, 0.3) is 0 Å². The van der Waals surface area contributed by atoms with Gasteiger partial charge >= 0.3 is 0 Å². The fourth-order valence-corrected chi connectivity index (χ4v) is 1.83. The van der Waals surface area contributed by atoms with E-state index in [0.29, 0.717) is 12.4 Å². The van der Waals surface area contributed by atoms with Gasteiger partial charge in [0.25, 0.3) is 0 Å². The van der Waals surface area contributed by atoms with Crippen molar-refractivity contribution in [2.75, 3.05) is 18.5 Å². The Kier molecular flexibility index (Phi) is 4.45. The third kappa shape index (κ3) is 4.32. The van der Waals surface area contributed by atoms with Gasteiger partial charge in [-0.2, -0.15) is 9.90 Å². The Hall–Kier alpha value is -1.96. The number of rotatable bonds is 5. The minimum absolute atomic E-state index is 0.0201. The van der Waals surface area contributed by atoms with E-state index in [1.807, 2.05) is 0 Å². The minimum atomic E-state index is -0.227. The molecule has 2 rings (SSSR count). The van der Waals surface area contributed by atoms with Crippen LogP contribution in [0.15, 0.2) is 6.20 Å². The van der Waals surface area contributed by atoms with Gasteiger partial charge in [-0.05, 0) is 12.8 Å². The van der Waals surface area contributed by atoms with E-state index in [1.165, 1.54) is 17.9 Å². The van der Waals surface area contributed by atoms with Gasteiger partial charge in [-0.15, -0.1) is 5.10 Å². The maximum atomic E-state index is 11.6. The van der Waals surface area contributed by atoms with Crippen LogP contribution in [0, 0.1) is 0 Å². The second kappa shape index (κ2) is 6.28. The number of amides is 2. The molecule has 1 atom stereocenters. The fraction of sp³-hybridized carbons (Fsp3) is 0.636. The van der Waals surface area contributed by atoms with Gasteiger partial charge in [0.2, 0.25) is 11.8 Å². The normalized spacial score (nSPS) is 18.3. The first-order valence-electron chi connectivity index (χ1n) is 6.19. The number of nitrogens with one attached hydrogen (secondary N) is 2. The summed E-state index contributed by atoms with van der Waals surface area (Å²) in [5.74, 6) is -0.0743. The van der Waals surface area contributed by atoms with Crippen LogP contribution in [0.3, 0.4) is 0 Å². The lowest BCUT2D eigenvalue weighted by atomic mass is 10.2. The number of nitrogens with zero attached hydrogens (tertiary/aromatic N) is 3. The highest BCUT2D eigenvalue weighted by atomic mass is 16.5. The van der Waals surface area contributed by atoms with E-state index >= 15 is 0 Å². The highest BCUT2D eigenvalue weighted by molar-refractivity contribution is 5.87. The fourth-order valence-electron chi connectivity index (χ4n) is 1.83. The summed E-state index contributed by atoms with van der Waals surface area (Å²) in [6.45, 7) is 2.68. The van der Waals surface area contributed by atoms with Crippen LogP contribution in [0.1, 0.15) is 19.8 Å². The molecule has 0 bridgehead atoms. The summed E-state index contributed by atoms with van der Waals surface area (Å²) in [5, 5.41) is 13.1. The first-order valence-corrected chi connectivity index (χ1v) is 6.19. The molecule has 8 heteroatoms. The average molecular weight is 267 g/mol. The molecule has 2 amide bonds. The number of hydrogen-bond donors (Lipinski definition) is 2. The smallest absolute Gasteiger partial charge is 0.243 e. The van der Waals surface area contributed by atoms with Crippen molar-refractivity contribution in [3.05, 3.63) is 6.20 Å². The highest BCUT2D eigenvalue weighted by Crippen LogP contribution is 2.10. The predicted octanol–water partition coefficient (Wildman–Crippen LogP) is -0.468. The van der Waals surface area contributed by atoms with Crippen LogP contribution >= 0.6 is 0 Å². The Labute approximate surface area is 110 Å². The molecule has 19 heavy (non-hydrogen) atoms. The molecule has 1 fully saturated rings. The topological polar surface area (TPSA) is 98.1 Å². The van der Waals surface area contributed by atoms with Crippen molar-refractivity contribution >= 4 is 17.6 Å². The van der Waals surface area contributed by atoms with Gasteiger partial charge in [-0.1, -0.05) is 0 Å². The number of carbonyl (C=O) groups is 2.